The lowest BCUT2D eigenvalue weighted by molar-refractivity contribution is -0.143. The van der Waals surface area contributed by atoms with Gasteiger partial charge in [-0.15, -0.1) is 0 Å². The van der Waals surface area contributed by atoms with E-state index < -0.39 is 23.8 Å². The molecule has 0 aliphatic heterocycles. The Bertz CT molecular complexity index is 909. The Hall–Kier alpha value is -2.22. The third kappa shape index (κ3) is 9.87. The van der Waals surface area contributed by atoms with Crippen LogP contribution < -0.4 is 10.6 Å². The van der Waals surface area contributed by atoms with Gasteiger partial charge in [-0.1, -0.05) is 49.9 Å². The number of carbonyl (C=O) groups excluding carboxylic acids is 3. The summed E-state index contributed by atoms with van der Waals surface area (Å²) in [6, 6.07) is 4.60. The van der Waals surface area contributed by atoms with E-state index in [9.17, 15) is 14.4 Å². The van der Waals surface area contributed by atoms with Crippen molar-refractivity contribution in [1.82, 2.24) is 15.5 Å². The second kappa shape index (κ2) is 14.6. The van der Waals surface area contributed by atoms with Crippen molar-refractivity contribution < 1.29 is 19.1 Å². The number of ether oxygens (including phenoxy) is 1. The first kappa shape index (κ1) is 31.0. The summed E-state index contributed by atoms with van der Waals surface area (Å²) >= 11 is 1.61. The van der Waals surface area contributed by atoms with Crippen molar-refractivity contribution in [2.24, 2.45) is 0 Å². The van der Waals surface area contributed by atoms with Crippen molar-refractivity contribution in [2.75, 3.05) is 18.6 Å². The van der Waals surface area contributed by atoms with Crippen LogP contribution >= 0.6 is 11.8 Å². The van der Waals surface area contributed by atoms with E-state index in [-0.39, 0.29) is 17.9 Å². The van der Waals surface area contributed by atoms with Gasteiger partial charge in [0.25, 0.3) is 0 Å². The Kier molecular flexibility index (Phi) is 12.3. The second-order valence-electron chi connectivity index (χ2n) is 11.1. The van der Waals surface area contributed by atoms with Gasteiger partial charge < -0.3 is 20.3 Å². The van der Waals surface area contributed by atoms with Crippen molar-refractivity contribution in [1.29, 1.82) is 0 Å². The van der Waals surface area contributed by atoms with Crippen LogP contribution in [0.25, 0.3) is 0 Å². The van der Waals surface area contributed by atoms with Crippen LogP contribution in [0.15, 0.2) is 18.2 Å². The molecule has 0 heterocycles. The molecule has 2 unspecified atom stereocenters. The molecule has 0 bridgehead atoms. The molecule has 2 rings (SSSR count). The summed E-state index contributed by atoms with van der Waals surface area (Å²) < 4.78 is 5.46. The van der Waals surface area contributed by atoms with Crippen molar-refractivity contribution in [3.63, 3.8) is 0 Å². The average molecular weight is 534 g/mol. The maximum absolute atomic E-state index is 14.1. The molecule has 0 saturated heterocycles. The van der Waals surface area contributed by atoms with Crippen LogP contribution in [-0.4, -0.2) is 59.0 Å². The number of carbonyl (C=O) groups is 3. The number of nitrogens with zero attached hydrogens (tertiary/aromatic N) is 1. The van der Waals surface area contributed by atoms with E-state index in [0.29, 0.717) is 25.1 Å². The zero-order chi connectivity index (χ0) is 27.6. The largest absolute Gasteiger partial charge is 0.444 e. The maximum Gasteiger partial charge on any atom is 0.408 e. The highest BCUT2D eigenvalue weighted by atomic mass is 32.2. The molecule has 3 amide bonds. The number of nitrogens with one attached hydrogen (secondary N) is 2. The lowest BCUT2D eigenvalue weighted by Crippen LogP contribution is -2.54. The first-order valence-corrected chi connectivity index (χ1v) is 15.0. The minimum atomic E-state index is -0.788. The summed E-state index contributed by atoms with van der Waals surface area (Å²) in [5, 5.41) is 6.07. The second-order valence-corrected chi connectivity index (χ2v) is 12.1. The molecular formula is C29H47N3O4S. The highest BCUT2D eigenvalue weighted by molar-refractivity contribution is 7.98. The van der Waals surface area contributed by atoms with Crippen molar-refractivity contribution in [3.05, 3.63) is 34.9 Å². The molecule has 8 heteroatoms. The molecule has 1 aromatic rings. The predicted molar refractivity (Wildman–Crippen MR) is 152 cm³/mol. The fourth-order valence-corrected chi connectivity index (χ4v) is 5.25. The molecule has 37 heavy (non-hydrogen) atoms. The summed E-state index contributed by atoms with van der Waals surface area (Å²) in [6.45, 7) is 11.8. The molecule has 2 N–H and O–H groups in total. The van der Waals surface area contributed by atoms with Gasteiger partial charge in [-0.25, -0.2) is 4.79 Å². The smallest absolute Gasteiger partial charge is 0.408 e. The zero-order valence-electron chi connectivity index (χ0n) is 23.8. The minimum absolute atomic E-state index is 0.125. The SMILES string of the molecule is CCCN(C(=O)C(CCSC)NC(=O)OC(C)(C)C)C(C(=O)NC1CCCCC1)c1cc(C)ccc1C. The van der Waals surface area contributed by atoms with Crippen LogP contribution in [0.1, 0.15) is 95.4 Å². The first-order valence-electron chi connectivity index (χ1n) is 13.6. The molecule has 1 aliphatic rings. The molecule has 1 aromatic carbocycles. The van der Waals surface area contributed by atoms with Crippen molar-refractivity contribution >= 4 is 29.7 Å². The monoisotopic (exact) mass is 533 g/mol. The van der Waals surface area contributed by atoms with Crippen LogP contribution in [0.5, 0.6) is 0 Å². The highest BCUT2D eigenvalue weighted by Gasteiger charge is 2.37. The van der Waals surface area contributed by atoms with Gasteiger partial charge >= 0.3 is 6.09 Å². The van der Waals surface area contributed by atoms with E-state index >= 15 is 0 Å². The summed E-state index contributed by atoms with van der Waals surface area (Å²) in [7, 11) is 0. The minimum Gasteiger partial charge on any atom is -0.444 e. The van der Waals surface area contributed by atoms with Gasteiger partial charge in [-0.3, -0.25) is 9.59 Å². The van der Waals surface area contributed by atoms with E-state index in [4.69, 9.17) is 4.74 Å². The number of alkyl carbamates (subject to hydrolysis) is 1. The van der Waals surface area contributed by atoms with Crippen LogP contribution in [0.4, 0.5) is 4.79 Å². The number of thioether (sulfide) groups is 1. The number of benzene rings is 1. The predicted octanol–water partition coefficient (Wildman–Crippen LogP) is 5.68. The number of hydrogen-bond acceptors (Lipinski definition) is 5. The third-order valence-electron chi connectivity index (χ3n) is 6.59. The Morgan fingerprint density at radius 3 is 2.41 bits per heavy atom. The lowest BCUT2D eigenvalue weighted by atomic mass is 9.93. The quantitative estimate of drug-likeness (QED) is 0.382. The Morgan fingerprint density at radius 1 is 1.14 bits per heavy atom. The Balaban J connectivity index is 2.45. The molecule has 1 saturated carbocycles. The molecule has 2 atom stereocenters. The van der Waals surface area contributed by atoms with Gasteiger partial charge in [0.05, 0.1) is 0 Å². The fraction of sp³-hybridized carbons (Fsp3) is 0.690. The summed E-state index contributed by atoms with van der Waals surface area (Å²) in [5.41, 5.74) is 2.15. The summed E-state index contributed by atoms with van der Waals surface area (Å²) in [6.07, 6.45) is 7.80. The van der Waals surface area contributed by atoms with Gasteiger partial charge in [0.15, 0.2) is 0 Å². The van der Waals surface area contributed by atoms with Crippen LogP contribution in [0.3, 0.4) is 0 Å². The normalized spacial score (nSPS) is 16.0. The molecule has 1 aliphatic carbocycles. The lowest BCUT2D eigenvalue weighted by Gasteiger charge is -2.36. The molecule has 1 fully saturated rings. The van der Waals surface area contributed by atoms with Gasteiger partial charge in [-0.2, -0.15) is 11.8 Å². The van der Waals surface area contributed by atoms with E-state index in [2.05, 4.69) is 10.6 Å². The average Bonchev–Trinajstić information content (AvgIpc) is 2.82. The van der Waals surface area contributed by atoms with Gasteiger partial charge in [0, 0.05) is 12.6 Å². The third-order valence-corrected chi connectivity index (χ3v) is 7.23. The van der Waals surface area contributed by atoms with E-state index in [1.54, 1.807) is 37.4 Å². The van der Waals surface area contributed by atoms with Gasteiger partial charge in [-0.05, 0) is 83.4 Å². The van der Waals surface area contributed by atoms with E-state index in [0.717, 1.165) is 42.4 Å². The molecular weight excluding hydrogens is 486 g/mol. The number of amides is 3. The summed E-state index contributed by atoms with van der Waals surface area (Å²) in [5.74, 6) is 0.281. The van der Waals surface area contributed by atoms with E-state index in [1.807, 2.05) is 45.2 Å². The molecule has 208 valence electrons. The maximum atomic E-state index is 14.1. The van der Waals surface area contributed by atoms with Gasteiger partial charge in [0.2, 0.25) is 11.8 Å². The van der Waals surface area contributed by atoms with Gasteiger partial charge in [0.1, 0.15) is 17.7 Å². The number of rotatable bonds is 11. The fourth-order valence-electron chi connectivity index (χ4n) is 4.78. The zero-order valence-corrected chi connectivity index (χ0v) is 24.6. The molecule has 7 nitrogen and oxygen atoms in total. The standard InChI is InChI=1S/C29H47N3O4S/c1-8-17-32(27(34)24(16-18-37-7)31-28(35)36-29(4,5)6)25(23-19-20(2)14-15-21(23)3)26(33)30-22-12-10-9-11-13-22/h14-15,19,22,24-25H,8-13,16-18H2,1-7H3,(H,30,33)(H,31,35). The summed E-state index contributed by atoms with van der Waals surface area (Å²) in [4.78, 5) is 42.4. The Morgan fingerprint density at radius 2 is 1.81 bits per heavy atom. The first-order chi connectivity index (χ1) is 17.5. The number of hydrogen-bond donors (Lipinski definition) is 2. The van der Waals surface area contributed by atoms with Crippen molar-refractivity contribution in [3.8, 4) is 0 Å². The van der Waals surface area contributed by atoms with Crippen LogP contribution in [0, 0.1) is 13.8 Å². The molecule has 0 aromatic heterocycles. The number of aryl methyl sites for hydroxylation is 2. The van der Waals surface area contributed by atoms with Crippen molar-refractivity contribution in [2.45, 2.75) is 110 Å². The van der Waals surface area contributed by atoms with E-state index in [1.165, 1.54) is 6.42 Å². The Labute approximate surface area is 227 Å². The van der Waals surface area contributed by atoms with Crippen LogP contribution in [0.2, 0.25) is 0 Å². The topological polar surface area (TPSA) is 87.7 Å². The highest BCUT2D eigenvalue weighted by Crippen LogP contribution is 2.28. The van der Waals surface area contributed by atoms with Crippen LogP contribution in [-0.2, 0) is 14.3 Å². The molecule has 0 radical (unpaired) electrons. The molecule has 0 spiro atoms.